The van der Waals surface area contributed by atoms with Crippen LogP contribution in [0.25, 0.3) is 22.4 Å². The summed E-state index contributed by atoms with van der Waals surface area (Å²) < 4.78 is 22.1. The molecule has 2 aromatic heterocycles. The molecule has 162 valence electrons. The quantitative estimate of drug-likeness (QED) is 0.649. The summed E-state index contributed by atoms with van der Waals surface area (Å²) in [4.78, 5) is 6.14. The van der Waals surface area contributed by atoms with Gasteiger partial charge >= 0.3 is 0 Å². The molecular formula is C21H24FN7O2. The van der Waals surface area contributed by atoms with Crippen molar-refractivity contribution in [3.8, 4) is 28.1 Å². The number of phenolic OH excluding ortho intramolecular Hbond substituents is 1. The average molecular weight is 425 g/mol. The second-order valence-electron chi connectivity index (χ2n) is 8.14. The van der Waals surface area contributed by atoms with Crippen LogP contribution < -0.4 is 10.2 Å². The van der Waals surface area contributed by atoms with Gasteiger partial charge in [0.25, 0.3) is 0 Å². The second kappa shape index (κ2) is 7.86. The first kappa shape index (κ1) is 19.8. The van der Waals surface area contributed by atoms with Gasteiger partial charge in [-0.2, -0.15) is 5.10 Å². The van der Waals surface area contributed by atoms with Gasteiger partial charge in [-0.15, -0.1) is 10.2 Å². The van der Waals surface area contributed by atoms with Crippen molar-refractivity contribution in [3.05, 3.63) is 36.8 Å². The maximum atomic E-state index is 14.9. The van der Waals surface area contributed by atoms with Crippen molar-refractivity contribution in [1.82, 2.24) is 30.3 Å². The lowest BCUT2D eigenvalue weighted by atomic mass is 9.90. The molecular weight excluding hydrogens is 401 g/mol. The standard InChI is InChI=1S/C21H24FN7O2/c1-28-9-13(7-24-28)12-3-4-15(19(30)5-12)16-8-23-21(27-26-16)29(2)18-6-14-10-31-11-17(25-14)20(18)22/h3-5,7-9,14,17-18,20,25,30H,6,10-11H2,1-2H3/t14-,17-,18+,20-/m1/s1. The number of hydrogen-bond acceptors (Lipinski definition) is 8. The van der Waals surface area contributed by atoms with E-state index < -0.39 is 6.17 Å². The van der Waals surface area contributed by atoms with Gasteiger partial charge in [0.15, 0.2) is 0 Å². The van der Waals surface area contributed by atoms with Gasteiger partial charge in [0, 0.05) is 37.5 Å². The fourth-order valence-electron chi connectivity index (χ4n) is 4.32. The third kappa shape index (κ3) is 3.72. The smallest absolute Gasteiger partial charge is 0.245 e. The molecule has 3 aromatic rings. The molecule has 10 heteroatoms. The molecule has 0 saturated carbocycles. The zero-order valence-electron chi connectivity index (χ0n) is 17.3. The van der Waals surface area contributed by atoms with E-state index in [0.29, 0.717) is 36.8 Å². The first-order valence-electron chi connectivity index (χ1n) is 10.2. The number of nitrogens with one attached hydrogen (secondary N) is 1. The van der Waals surface area contributed by atoms with Crippen LogP contribution in [0.1, 0.15) is 6.42 Å². The molecule has 31 heavy (non-hydrogen) atoms. The lowest BCUT2D eigenvalue weighted by Crippen LogP contribution is -2.65. The van der Waals surface area contributed by atoms with Crippen LogP contribution in [0.15, 0.2) is 36.8 Å². The Labute approximate surface area is 178 Å². The normalized spacial score (nSPS) is 25.4. The summed E-state index contributed by atoms with van der Waals surface area (Å²) in [5.41, 5.74) is 2.73. The number of aryl methyl sites for hydroxylation is 1. The molecule has 4 heterocycles. The lowest BCUT2D eigenvalue weighted by molar-refractivity contribution is -0.0176. The van der Waals surface area contributed by atoms with Gasteiger partial charge < -0.3 is 20.1 Å². The van der Waals surface area contributed by atoms with E-state index in [1.165, 1.54) is 0 Å². The van der Waals surface area contributed by atoms with E-state index in [9.17, 15) is 9.50 Å². The predicted molar refractivity (Wildman–Crippen MR) is 112 cm³/mol. The van der Waals surface area contributed by atoms with Crippen molar-refractivity contribution in [2.45, 2.75) is 30.7 Å². The van der Waals surface area contributed by atoms with E-state index in [-0.39, 0.29) is 23.9 Å². The number of alkyl halides is 1. The van der Waals surface area contributed by atoms with E-state index in [0.717, 1.165) is 11.1 Å². The Kier molecular flexibility index (Phi) is 5.03. The van der Waals surface area contributed by atoms with Crippen molar-refractivity contribution in [1.29, 1.82) is 0 Å². The molecule has 0 spiro atoms. The van der Waals surface area contributed by atoms with Crippen LogP contribution >= 0.6 is 0 Å². The molecule has 0 amide bonds. The Morgan fingerprint density at radius 1 is 1.23 bits per heavy atom. The van der Waals surface area contributed by atoms with E-state index in [1.54, 1.807) is 41.2 Å². The maximum absolute atomic E-state index is 14.9. The highest BCUT2D eigenvalue weighted by Gasteiger charge is 2.42. The molecule has 2 N–H and O–H groups in total. The molecule has 2 fully saturated rings. The highest BCUT2D eigenvalue weighted by atomic mass is 19.1. The van der Waals surface area contributed by atoms with Crippen molar-refractivity contribution in [2.75, 3.05) is 25.2 Å². The van der Waals surface area contributed by atoms with Crippen LogP contribution in [0.2, 0.25) is 0 Å². The number of morpholine rings is 1. The van der Waals surface area contributed by atoms with Gasteiger partial charge in [-0.3, -0.25) is 4.68 Å². The van der Waals surface area contributed by atoms with Crippen LogP contribution in [-0.4, -0.2) is 74.6 Å². The highest BCUT2D eigenvalue weighted by Crippen LogP contribution is 2.32. The van der Waals surface area contributed by atoms with Crippen LogP contribution in [0.4, 0.5) is 10.3 Å². The summed E-state index contributed by atoms with van der Waals surface area (Å²) in [5.74, 6) is 0.428. The number of aromatic nitrogens is 5. The van der Waals surface area contributed by atoms with E-state index in [2.05, 4.69) is 25.6 Å². The first-order chi connectivity index (χ1) is 15.0. The summed E-state index contributed by atoms with van der Waals surface area (Å²) in [7, 11) is 3.63. The van der Waals surface area contributed by atoms with E-state index in [1.807, 2.05) is 19.3 Å². The minimum Gasteiger partial charge on any atom is -0.507 e. The zero-order valence-corrected chi connectivity index (χ0v) is 17.3. The van der Waals surface area contributed by atoms with Crippen molar-refractivity contribution < 1.29 is 14.2 Å². The SMILES string of the molecule is CN(c1ncc(-c2ccc(-c3cnn(C)c3)cc2O)nn1)[C@H]1C[C@@H]2COC[C@@H](N2)[C@H]1F. The van der Waals surface area contributed by atoms with Gasteiger partial charge in [0.1, 0.15) is 17.6 Å². The van der Waals surface area contributed by atoms with Crippen LogP contribution in [0.5, 0.6) is 5.75 Å². The van der Waals surface area contributed by atoms with Crippen molar-refractivity contribution in [3.63, 3.8) is 0 Å². The number of hydrogen-bond donors (Lipinski definition) is 2. The number of rotatable bonds is 4. The molecule has 5 rings (SSSR count). The van der Waals surface area contributed by atoms with Gasteiger partial charge in [0.2, 0.25) is 5.95 Å². The number of ether oxygens (including phenoxy) is 1. The number of aromatic hydroxyl groups is 1. The molecule has 2 aliphatic heterocycles. The Balaban J connectivity index is 1.35. The molecule has 0 aliphatic carbocycles. The molecule has 0 unspecified atom stereocenters. The Morgan fingerprint density at radius 3 is 2.81 bits per heavy atom. The Hall–Kier alpha value is -3.11. The molecule has 2 bridgehead atoms. The molecule has 2 aliphatic rings. The Morgan fingerprint density at radius 2 is 2.10 bits per heavy atom. The molecule has 2 saturated heterocycles. The van der Waals surface area contributed by atoms with E-state index in [4.69, 9.17) is 4.74 Å². The number of benzene rings is 1. The molecule has 4 atom stereocenters. The van der Waals surface area contributed by atoms with Crippen molar-refractivity contribution >= 4 is 5.95 Å². The fraction of sp³-hybridized carbons (Fsp3) is 0.429. The number of fused-ring (bicyclic) bond motifs is 2. The van der Waals surface area contributed by atoms with Gasteiger partial charge in [-0.05, 0) is 24.1 Å². The fourth-order valence-corrected chi connectivity index (χ4v) is 4.32. The number of piperidine rings is 1. The summed E-state index contributed by atoms with van der Waals surface area (Å²) in [6, 6.07) is 4.79. The molecule has 0 radical (unpaired) electrons. The van der Waals surface area contributed by atoms with Gasteiger partial charge in [0.05, 0.1) is 37.7 Å². The minimum atomic E-state index is -1.09. The van der Waals surface area contributed by atoms with Gasteiger partial charge in [-0.1, -0.05) is 6.07 Å². The van der Waals surface area contributed by atoms with Crippen molar-refractivity contribution in [2.24, 2.45) is 7.05 Å². The number of halogens is 1. The lowest BCUT2D eigenvalue weighted by Gasteiger charge is -2.45. The monoisotopic (exact) mass is 425 g/mol. The summed E-state index contributed by atoms with van der Waals surface area (Å²) in [6.07, 6.45) is 4.68. The summed E-state index contributed by atoms with van der Waals surface area (Å²) in [5, 5.41) is 26.4. The summed E-state index contributed by atoms with van der Waals surface area (Å²) in [6.45, 7) is 0.953. The third-order valence-corrected chi connectivity index (χ3v) is 6.02. The first-order valence-corrected chi connectivity index (χ1v) is 10.2. The largest absolute Gasteiger partial charge is 0.507 e. The number of anilines is 1. The number of phenols is 1. The van der Waals surface area contributed by atoms with Crippen LogP contribution in [0, 0.1) is 0 Å². The topological polar surface area (TPSA) is 101 Å². The van der Waals surface area contributed by atoms with Crippen LogP contribution in [0.3, 0.4) is 0 Å². The highest BCUT2D eigenvalue weighted by molar-refractivity contribution is 5.73. The second-order valence-corrected chi connectivity index (χ2v) is 8.14. The summed E-state index contributed by atoms with van der Waals surface area (Å²) >= 11 is 0. The zero-order chi connectivity index (χ0) is 21.5. The molecule has 9 nitrogen and oxygen atoms in total. The third-order valence-electron chi connectivity index (χ3n) is 6.02. The average Bonchev–Trinajstić information content (AvgIpc) is 3.22. The predicted octanol–water partition coefficient (Wildman–Crippen LogP) is 1.55. The number of nitrogens with zero attached hydrogens (tertiary/aromatic N) is 6. The van der Waals surface area contributed by atoms with Crippen LogP contribution in [-0.2, 0) is 11.8 Å². The molecule has 1 aromatic carbocycles. The minimum absolute atomic E-state index is 0.0774. The Bertz CT molecular complexity index is 1070. The maximum Gasteiger partial charge on any atom is 0.245 e. The van der Waals surface area contributed by atoms with Gasteiger partial charge in [-0.25, -0.2) is 9.37 Å². The van der Waals surface area contributed by atoms with E-state index >= 15 is 0 Å².